The van der Waals surface area contributed by atoms with Crippen molar-refractivity contribution in [2.45, 2.75) is 79.6 Å². The summed E-state index contributed by atoms with van der Waals surface area (Å²) < 4.78 is 0. The van der Waals surface area contributed by atoms with E-state index in [0.29, 0.717) is 34.8 Å². The van der Waals surface area contributed by atoms with Gasteiger partial charge < -0.3 is 5.11 Å². The molecular formula is C28H42O. The van der Waals surface area contributed by atoms with Crippen LogP contribution in [0, 0.1) is 35.0 Å². The van der Waals surface area contributed by atoms with Gasteiger partial charge in [0.2, 0.25) is 0 Å². The molecule has 5 atom stereocenters. The van der Waals surface area contributed by atoms with E-state index >= 15 is 0 Å². The molecule has 2 saturated carbocycles. The van der Waals surface area contributed by atoms with E-state index in [2.05, 4.69) is 65.5 Å². The zero-order valence-electron chi connectivity index (χ0n) is 19.4. The van der Waals surface area contributed by atoms with Crippen LogP contribution >= 0.6 is 0 Å². The van der Waals surface area contributed by atoms with Crippen molar-refractivity contribution in [3.05, 3.63) is 59.4 Å². The molecule has 0 aromatic carbocycles. The van der Waals surface area contributed by atoms with Crippen molar-refractivity contribution in [3.8, 4) is 0 Å². The minimum atomic E-state index is 0.426. The third-order valence-electron chi connectivity index (χ3n) is 8.33. The molecule has 0 aliphatic heterocycles. The summed E-state index contributed by atoms with van der Waals surface area (Å²) in [6.07, 6.45) is 19.7. The van der Waals surface area contributed by atoms with Crippen molar-refractivity contribution in [2.75, 3.05) is 0 Å². The van der Waals surface area contributed by atoms with Crippen molar-refractivity contribution in [2.24, 2.45) is 35.0 Å². The van der Waals surface area contributed by atoms with E-state index in [0.717, 1.165) is 29.9 Å². The fraction of sp³-hybridized carbons (Fsp3) is 0.643. The first-order valence-corrected chi connectivity index (χ1v) is 11.9. The number of allylic oxidation sites excluding steroid dienone is 9. The summed E-state index contributed by atoms with van der Waals surface area (Å²) in [6, 6.07) is 0. The lowest BCUT2D eigenvalue weighted by Crippen LogP contribution is -2.35. The Morgan fingerprint density at radius 3 is 2.55 bits per heavy atom. The van der Waals surface area contributed by atoms with Crippen molar-refractivity contribution < 1.29 is 5.11 Å². The van der Waals surface area contributed by atoms with Crippen molar-refractivity contribution in [1.29, 1.82) is 0 Å². The monoisotopic (exact) mass is 394 g/mol. The van der Waals surface area contributed by atoms with Gasteiger partial charge in [0.1, 0.15) is 0 Å². The van der Waals surface area contributed by atoms with Crippen molar-refractivity contribution >= 4 is 0 Å². The first-order valence-electron chi connectivity index (χ1n) is 11.9. The second-order valence-corrected chi connectivity index (χ2v) is 10.5. The molecule has 0 aromatic rings. The molecule has 0 saturated heterocycles. The van der Waals surface area contributed by atoms with E-state index in [9.17, 15) is 5.11 Å². The largest absolute Gasteiger partial charge is 0.512 e. The third kappa shape index (κ3) is 4.81. The van der Waals surface area contributed by atoms with Crippen LogP contribution in [0.25, 0.3) is 0 Å². The highest BCUT2D eigenvalue weighted by molar-refractivity contribution is 5.44. The number of hydrogen-bond donors (Lipinski definition) is 1. The molecule has 1 N–H and O–H groups in total. The van der Waals surface area contributed by atoms with E-state index < -0.39 is 0 Å². The van der Waals surface area contributed by atoms with Gasteiger partial charge in [-0.2, -0.15) is 0 Å². The van der Waals surface area contributed by atoms with E-state index in [1.54, 1.807) is 5.57 Å². The second kappa shape index (κ2) is 9.11. The van der Waals surface area contributed by atoms with Crippen molar-refractivity contribution in [3.63, 3.8) is 0 Å². The smallest absolute Gasteiger partial charge is 0.0932 e. The summed E-state index contributed by atoms with van der Waals surface area (Å²) in [7, 11) is 0. The summed E-state index contributed by atoms with van der Waals surface area (Å²) in [4.78, 5) is 0. The van der Waals surface area contributed by atoms with Gasteiger partial charge in [-0.1, -0.05) is 71.1 Å². The molecule has 1 heteroatoms. The number of hydrogen-bond acceptors (Lipinski definition) is 1. The van der Waals surface area contributed by atoms with E-state index in [-0.39, 0.29) is 0 Å². The Labute approximate surface area is 179 Å². The molecule has 3 rings (SSSR count). The van der Waals surface area contributed by atoms with Gasteiger partial charge >= 0.3 is 0 Å². The summed E-state index contributed by atoms with van der Waals surface area (Å²) in [6.45, 7) is 16.2. The fourth-order valence-electron chi connectivity index (χ4n) is 5.99. The Bertz CT molecular complexity index is 731. The number of fused-ring (bicyclic) bond motifs is 1. The zero-order chi connectivity index (χ0) is 21.2. The van der Waals surface area contributed by atoms with Crippen LogP contribution in [0.4, 0.5) is 0 Å². The molecule has 160 valence electrons. The van der Waals surface area contributed by atoms with Gasteiger partial charge in [0.15, 0.2) is 0 Å². The van der Waals surface area contributed by atoms with E-state index in [1.807, 2.05) is 6.08 Å². The van der Waals surface area contributed by atoms with Crippen LogP contribution in [-0.4, -0.2) is 5.11 Å². The first kappa shape index (κ1) is 22.2. The maximum absolute atomic E-state index is 9.90. The molecular weight excluding hydrogens is 352 g/mol. The van der Waals surface area contributed by atoms with Gasteiger partial charge in [-0.15, -0.1) is 0 Å². The molecule has 3 aliphatic rings. The summed E-state index contributed by atoms with van der Waals surface area (Å²) in [5, 5.41) is 9.90. The minimum absolute atomic E-state index is 0.426. The van der Waals surface area contributed by atoms with Crippen LogP contribution in [0.1, 0.15) is 79.6 Å². The normalized spacial score (nSPS) is 35.4. The first-order chi connectivity index (χ1) is 13.7. The van der Waals surface area contributed by atoms with Crippen LogP contribution in [0.2, 0.25) is 0 Å². The highest BCUT2D eigenvalue weighted by Gasteiger charge is 2.50. The summed E-state index contributed by atoms with van der Waals surface area (Å²) >= 11 is 0. The average Bonchev–Trinajstić information content (AvgIpc) is 3.04. The summed E-state index contributed by atoms with van der Waals surface area (Å²) in [5.74, 6) is 4.02. The Balaban J connectivity index is 1.78. The lowest BCUT2D eigenvalue weighted by Gasteiger charge is -2.44. The average molecular weight is 395 g/mol. The molecule has 0 radical (unpaired) electrons. The van der Waals surface area contributed by atoms with Gasteiger partial charge in [-0.3, -0.25) is 0 Å². The number of rotatable bonds is 5. The number of aliphatic hydroxyl groups is 1. The fourth-order valence-corrected chi connectivity index (χ4v) is 5.99. The maximum atomic E-state index is 9.90. The van der Waals surface area contributed by atoms with Crippen LogP contribution in [0.5, 0.6) is 0 Å². The molecule has 3 aliphatic carbocycles. The van der Waals surface area contributed by atoms with Crippen LogP contribution in [0.15, 0.2) is 59.4 Å². The molecule has 0 spiro atoms. The van der Waals surface area contributed by atoms with Gasteiger partial charge in [0, 0.05) is 6.42 Å². The lowest BCUT2D eigenvalue weighted by atomic mass is 9.61. The van der Waals surface area contributed by atoms with Gasteiger partial charge in [0.05, 0.1) is 5.76 Å². The lowest BCUT2D eigenvalue weighted by molar-refractivity contribution is 0.112. The topological polar surface area (TPSA) is 20.2 Å². The summed E-state index contributed by atoms with van der Waals surface area (Å²) in [5.41, 5.74) is 4.32. The highest BCUT2D eigenvalue weighted by Crippen LogP contribution is 2.59. The molecule has 0 aromatic heterocycles. The van der Waals surface area contributed by atoms with Crippen LogP contribution < -0.4 is 0 Å². The zero-order valence-corrected chi connectivity index (χ0v) is 19.4. The van der Waals surface area contributed by atoms with Gasteiger partial charge in [0.25, 0.3) is 0 Å². The van der Waals surface area contributed by atoms with E-state index in [4.69, 9.17) is 0 Å². The van der Waals surface area contributed by atoms with Gasteiger partial charge in [-0.05, 0) is 90.8 Å². The molecule has 1 unspecified atom stereocenters. The van der Waals surface area contributed by atoms with E-state index in [1.165, 1.54) is 32.1 Å². The highest BCUT2D eigenvalue weighted by atomic mass is 16.3. The predicted molar refractivity (Wildman–Crippen MR) is 126 cm³/mol. The quantitative estimate of drug-likeness (QED) is 0.465. The molecule has 0 bridgehead atoms. The number of aliphatic hydroxyl groups excluding tert-OH is 1. The van der Waals surface area contributed by atoms with Crippen LogP contribution in [-0.2, 0) is 0 Å². The molecule has 0 amide bonds. The molecule has 1 nitrogen and oxygen atoms in total. The Morgan fingerprint density at radius 1 is 1.07 bits per heavy atom. The second-order valence-electron chi connectivity index (χ2n) is 10.5. The Kier molecular flexibility index (Phi) is 6.97. The SMILES string of the molecule is C=C1CCC(O)=C/C1=C/C=C1\CCCC2(C)[C@@H]([C@H](C)/C=C/[C@H](C)C(C)C)CC[C@@H]12. The third-order valence-corrected chi connectivity index (χ3v) is 8.33. The van der Waals surface area contributed by atoms with Gasteiger partial charge in [-0.25, -0.2) is 0 Å². The molecule has 0 heterocycles. The predicted octanol–water partition coefficient (Wildman–Crippen LogP) is 8.33. The molecule has 29 heavy (non-hydrogen) atoms. The Morgan fingerprint density at radius 2 is 1.83 bits per heavy atom. The van der Waals surface area contributed by atoms with Crippen LogP contribution in [0.3, 0.4) is 0 Å². The van der Waals surface area contributed by atoms with Crippen molar-refractivity contribution in [1.82, 2.24) is 0 Å². The Hall–Kier alpha value is -1.50. The minimum Gasteiger partial charge on any atom is -0.512 e. The standard InChI is InChI=1S/C28H42O/c1-19(2)20(3)9-10-22(5)26-15-16-27-23(8-7-17-28(26,27)6)12-13-24-18-25(29)14-11-21(24)4/h9-10,12-13,18-20,22,26-27,29H,4,7-8,11,14-17H2,1-3,5-6H3/b10-9+,23-12+,24-13-/t20-,22+,26+,27-,28?/m0/s1. The maximum Gasteiger partial charge on any atom is 0.0932 e. The molecule has 2 fully saturated rings.